The van der Waals surface area contributed by atoms with Crippen LogP contribution in [0.3, 0.4) is 0 Å². The summed E-state index contributed by atoms with van der Waals surface area (Å²) in [5.41, 5.74) is 1.96. The van der Waals surface area contributed by atoms with Gasteiger partial charge in [0.1, 0.15) is 0 Å². The number of hydrogen-bond acceptors (Lipinski definition) is 7. The molecule has 0 aliphatic carbocycles. The first-order valence-electron chi connectivity index (χ1n) is 6.78. The lowest BCUT2D eigenvalue weighted by atomic mass is 10.1. The predicted octanol–water partition coefficient (Wildman–Crippen LogP) is 2.86. The van der Waals surface area contributed by atoms with Crippen molar-refractivity contribution in [2.45, 2.75) is 4.90 Å². The van der Waals surface area contributed by atoms with Crippen LogP contribution in [0.5, 0.6) is 0 Å². The third kappa shape index (κ3) is 3.09. The molecule has 0 fully saturated rings. The number of carbonyl (C=O) groups excluding carboxylic acids is 1. The summed E-state index contributed by atoms with van der Waals surface area (Å²) in [6, 6.07) is 9.50. The molecule has 1 aromatic carbocycles. The van der Waals surface area contributed by atoms with Crippen molar-refractivity contribution in [1.82, 2.24) is 9.97 Å². The van der Waals surface area contributed by atoms with E-state index in [-0.39, 0.29) is 11.7 Å². The van der Waals surface area contributed by atoms with Gasteiger partial charge in [0, 0.05) is 21.9 Å². The molecular weight excluding hydrogens is 314 g/mol. The minimum absolute atomic E-state index is 0.186. The number of rotatable bonds is 4. The van der Waals surface area contributed by atoms with Crippen LogP contribution < -0.4 is 0 Å². The molecule has 2 heterocycles. The van der Waals surface area contributed by atoms with Crippen LogP contribution in [-0.4, -0.2) is 40.2 Å². The van der Waals surface area contributed by atoms with E-state index in [2.05, 4.69) is 19.9 Å². The van der Waals surface area contributed by atoms with Gasteiger partial charge in [-0.05, 0) is 12.1 Å². The molecule has 1 N–H and O–H groups in total. The zero-order chi connectivity index (χ0) is 16.2. The molecule has 0 saturated carbocycles. The smallest absolute Gasteiger partial charge is 0.315 e. The van der Waals surface area contributed by atoms with E-state index < -0.39 is 0 Å². The molecule has 0 radical (unpaired) electrons. The minimum atomic E-state index is -0.309. The van der Waals surface area contributed by atoms with E-state index in [1.807, 2.05) is 24.3 Å². The Bertz CT molecular complexity index is 912. The van der Waals surface area contributed by atoms with E-state index >= 15 is 0 Å². The second-order valence-corrected chi connectivity index (χ2v) is 5.71. The number of pyridine rings is 2. The van der Waals surface area contributed by atoms with E-state index in [4.69, 9.17) is 5.21 Å². The summed E-state index contributed by atoms with van der Waals surface area (Å²) in [5, 5.41) is 13.7. The second kappa shape index (κ2) is 6.62. The number of esters is 1. The van der Waals surface area contributed by atoms with Crippen molar-refractivity contribution in [1.29, 1.82) is 0 Å². The third-order valence-electron chi connectivity index (χ3n) is 3.30. The van der Waals surface area contributed by atoms with Crippen molar-refractivity contribution in [2.75, 3.05) is 12.9 Å². The molecular formula is C16H13N3O3S. The number of nitrogens with zero attached hydrogens (tertiary/aromatic N) is 3. The number of benzene rings is 1. The maximum absolute atomic E-state index is 11.4. The molecule has 2 aromatic heterocycles. The van der Waals surface area contributed by atoms with Crippen molar-refractivity contribution in [3.63, 3.8) is 0 Å². The maximum atomic E-state index is 11.4. The monoisotopic (exact) mass is 327 g/mol. The first-order chi connectivity index (χ1) is 11.2. The van der Waals surface area contributed by atoms with Crippen LogP contribution in [0.2, 0.25) is 0 Å². The zero-order valence-corrected chi connectivity index (χ0v) is 13.1. The Morgan fingerprint density at radius 3 is 3.04 bits per heavy atom. The van der Waals surface area contributed by atoms with E-state index in [1.165, 1.54) is 25.1 Å². The van der Waals surface area contributed by atoms with Crippen LogP contribution in [0, 0.1) is 0 Å². The standard InChI is InChI=1S/C16H13N3O3S/c1-22-14(20)9-23-13-7-11(8-18-21)19-16-12(13)5-4-10-3-2-6-17-15(10)16/h2-8,21H,9H2,1H3/b18-8-. The molecule has 0 aliphatic heterocycles. The van der Waals surface area contributed by atoms with Crippen molar-refractivity contribution in [3.8, 4) is 0 Å². The number of hydrogen-bond donors (Lipinski definition) is 1. The summed E-state index contributed by atoms with van der Waals surface area (Å²) in [4.78, 5) is 21.1. The molecule has 7 heteroatoms. The summed E-state index contributed by atoms with van der Waals surface area (Å²) in [6.45, 7) is 0. The van der Waals surface area contributed by atoms with Gasteiger partial charge in [0.05, 0.1) is 35.8 Å². The number of thioether (sulfide) groups is 1. The molecule has 0 unspecified atom stereocenters. The average Bonchev–Trinajstić information content (AvgIpc) is 2.59. The van der Waals surface area contributed by atoms with E-state index in [0.717, 1.165) is 21.2 Å². The number of carbonyl (C=O) groups is 1. The normalized spacial score (nSPS) is 11.3. The molecule has 0 bridgehead atoms. The second-order valence-electron chi connectivity index (χ2n) is 4.69. The van der Waals surface area contributed by atoms with E-state index in [9.17, 15) is 4.79 Å². The first kappa shape index (κ1) is 15.2. The van der Waals surface area contributed by atoms with E-state index in [0.29, 0.717) is 11.2 Å². The van der Waals surface area contributed by atoms with Gasteiger partial charge in [0.15, 0.2) is 0 Å². The van der Waals surface area contributed by atoms with Crippen LogP contribution in [0.4, 0.5) is 0 Å². The van der Waals surface area contributed by atoms with Crippen molar-refractivity contribution in [3.05, 3.63) is 42.2 Å². The molecule has 0 amide bonds. The molecule has 6 nitrogen and oxygen atoms in total. The molecule has 3 rings (SSSR count). The lowest BCUT2D eigenvalue weighted by Crippen LogP contribution is -2.03. The van der Waals surface area contributed by atoms with Gasteiger partial charge >= 0.3 is 5.97 Å². The Morgan fingerprint density at radius 2 is 2.26 bits per heavy atom. The van der Waals surface area contributed by atoms with Crippen LogP contribution >= 0.6 is 11.8 Å². The number of fused-ring (bicyclic) bond motifs is 3. The van der Waals surface area contributed by atoms with Crippen LogP contribution in [0.1, 0.15) is 5.69 Å². The molecule has 0 atom stereocenters. The number of oxime groups is 1. The van der Waals surface area contributed by atoms with Crippen molar-refractivity contribution in [2.24, 2.45) is 5.16 Å². The molecule has 0 spiro atoms. The van der Waals surface area contributed by atoms with Gasteiger partial charge < -0.3 is 9.94 Å². The fraction of sp³-hybridized carbons (Fsp3) is 0.125. The van der Waals surface area contributed by atoms with Gasteiger partial charge in [-0.3, -0.25) is 9.78 Å². The van der Waals surface area contributed by atoms with Crippen molar-refractivity contribution < 1.29 is 14.7 Å². The van der Waals surface area contributed by atoms with Gasteiger partial charge in [-0.25, -0.2) is 4.98 Å². The average molecular weight is 327 g/mol. The summed E-state index contributed by atoms with van der Waals surface area (Å²) < 4.78 is 4.68. The van der Waals surface area contributed by atoms with Crippen molar-refractivity contribution >= 4 is 45.8 Å². The Kier molecular flexibility index (Phi) is 4.38. The number of aromatic nitrogens is 2. The highest BCUT2D eigenvalue weighted by Crippen LogP contribution is 2.31. The Morgan fingerprint density at radius 1 is 1.39 bits per heavy atom. The molecule has 23 heavy (non-hydrogen) atoms. The van der Waals surface area contributed by atoms with Gasteiger partial charge in [-0.15, -0.1) is 11.8 Å². The highest BCUT2D eigenvalue weighted by Gasteiger charge is 2.11. The van der Waals surface area contributed by atoms with Gasteiger partial charge in [0.25, 0.3) is 0 Å². The van der Waals surface area contributed by atoms with Crippen LogP contribution in [-0.2, 0) is 9.53 Å². The quantitative estimate of drug-likeness (QED) is 0.198. The largest absolute Gasteiger partial charge is 0.468 e. The summed E-state index contributed by atoms with van der Waals surface area (Å²) in [7, 11) is 1.36. The Labute approximate surface area is 136 Å². The number of methoxy groups -OCH3 is 1. The molecule has 0 saturated heterocycles. The topological polar surface area (TPSA) is 84.7 Å². The fourth-order valence-corrected chi connectivity index (χ4v) is 3.17. The minimum Gasteiger partial charge on any atom is -0.468 e. The summed E-state index contributed by atoms with van der Waals surface area (Å²) in [6.07, 6.45) is 2.96. The summed E-state index contributed by atoms with van der Waals surface area (Å²) >= 11 is 1.35. The van der Waals surface area contributed by atoms with Crippen LogP contribution in [0.15, 0.2) is 46.6 Å². The highest BCUT2D eigenvalue weighted by atomic mass is 32.2. The lowest BCUT2D eigenvalue weighted by molar-refractivity contribution is -0.137. The SMILES string of the molecule is COC(=O)CSc1cc(/C=N\O)nc2c1ccc1cccnc12. The summed E-state index contributed by atoms with van der Waals surface area (Å²) in [5.74, 6) is -0.123. The Hall–Kier alpha value is -2.67. The lowest BCUT2D eigenvalue weighted by Gasteiger charge is -2.09. The molecule has 0 aliphatic rings. The van der Waals surface area contributed by atoms with Crippen LogP contribution in [0.25, 0.3) is 21.8 Å². The fourth-order valence-electron chi connectivity index (χ4n) is 2.26. The number of ether oxygens (including phenoxy) is 1. The first-order valence-corrected chi connectivity index (χ1v) is 7.77. The van der Waals surface area contributed by atoms with Gasteiger partial charge in [-0.2, -0.15) is 0 Å². The predicted molar refractivity (Wildman–Crippen MR) is 89.2 cm³/mol. The molecule has 116 valence electrons. The Balaban J connectivity index is 2.20. The maximum Gasteiger partial charge on any atom is 0.315 e. The van der Waals surface area contributed by atoms with Gasteiger partial charge in [-0.1, -0.05) is 23.4 Å². The molecule has 3 aromatic rings. The highest BCUT2D eigenvalue weighted by molar-refractivity contribution is 8.00. The van der Waals surface area contributed by atoms with Gasteiger partial charge in [0.2, 0.25) is 0 Å². The zero-order valence-electron chi connectivity index (χ0n) is 12.3. The van der Waals surface area contributed by atoms with E-state index in [1.54, 1.807) is 12.3 Å². The third-order valence-corrected chi connectivity index (χ3v) is 4.33.